The summed E-state index contributed by atoms with van der Waals surface area (Å²) >= 11 is 0. The lowest BCUT2D eigenvalue weighted by molar-refractivity contribution is 0.346. The summed E-state index contributed by atoms with van der Waals surface area (Å²) in [5.74, 6) is 0.930. The Bertz CT molecular complexity index is 821. The first kappa shape index (κ1) is 18.1. The van der Waals surface area contributed by atoms with Crippen molar-refractivity contribution >= 4 is 10.0 Å². The Morgan fingerprint density at radius 2 is 2.04 bits per heavy atom. The maximum absolute atomic E-state index is 12.8. The van der Waals surface area contributed by atoms with E-state index < -0.39 is 10.0 Å². The number of nitrogens with zero attached hydrogens (tertiary/aromatic N) is 4. The average molecular weight is 367 g/mol. The number of sulfonamides is 1. The van der Waals surface area contributed by atoms with Crippen LogP contribution >= 0.6 is 0 Å². The van der Waals surface area contributed by atoms with E-state index >= 15 is 0 Å². The maximum Gasteiger partial charge on any atom is 0.274 e. The normalized spacial score (nSPS) is 17.7. The second-order valence-electron chi connectivity index (χ2n) is 6.55. The number of aryl methyl sites for hydroxylation is 1. The molecule has 0 radical (unpaired) electrons. The fraction of sp³-hybridized carbons (Fsp3) is 0.625. The Morgan fingerprint density at radius 1 is 1.32 bits per heavy atom. The Balaban J connectivity index is 1.85. The molecular weight excluding hydrogens is 342 g/mol. The lowest BCUT2D eigenvalue weighted by Gasteiger charge is -2.25. The zero-order valence-electron chi connectivity index (χ0n) is 14.9. The van der Waals surface area contributed by atoms with Crippen molar-refractivity contribution in [3.05, 3.63) is 18.1 Å². The molecule has 138 valence electrons. The van der Waals surface area contributed by atoms with Crippen LogP contribution in [0, 0.1) is 0 Å². The molecule has 9 heteroatoms. The first-order valence-electron chi connectivity index (χ1n) is 8.58. The molecule has 1 saturated heterocycles. The fourth-order valence-electron chi connectivity index (χ4n) is 2.96. The Hall–Kier alpha value is -1.71. The van der Waals surface area contributed by atoms with E-state index in [1.807, 2.05) is 14.0 Å². The highest BCUT2D eigenvalue weighted by molar-refractivity contribution is 7.89. The van der Waals surface area contributed by atoms with Gasteiger partial charge < -0.3 is 14.4 Å². The van der Waals surface area contributed by atoms with Crippen LogP contribution in [0.15, 0.2) is 21.7 Å². The second kappa shape index (κ2) is 7.27. The van der Waals surface area contributed by atoms with Gasteiger partial charge in [-0.2, -0.15) is 9.29 Å². The van der Waals surface area contributed by atoms with Crippen molar-refractivity contribution in [2.75, 3.05) is 20.1 Å². The van der Waals surface area contributed by atoms with Gasteiger partial charge in [-0.05, 0) is 32.9 Å². The number of rotatable bonds is 6. The summed E-state index contributed by atoms with van der Waals surface area (Å²) in [7, 11) is 0.183. The highest BCUT2D eigenvalue weighted by Crippen LogP contribution is 2.26. The molecule has 1 atom stereocenters. The highest BCUT2D eigenvalue weighted by atomic mass is 32.2. The van der Waals surface area contributed by atoms with Gasteiger partial charge in [0.25, 0.3) is 5.89 Å². The van der Waals surface area contributed by atoms with Crippen LogP contribution in [-0.4, -0.2) is 53.6 Å². The van der Waals surface area contributed by atoms with Gasteiger partial charge >= 0.3 is 0 Å². The quantitative estimate of drug-likeness (QED) is 0.829. The lowest BCUT2D eigenvalue weighted by Crippen LogP contribution is -2.35. The molecule has 3 heterocycles. The molecule has 2 aromatic heterocycles. The van der Waals surface area contributed by atoms with E-state index in [2.05, 4.69) is 15.5 Å². The van der Waals surface area contributed by atoms with Crippen LogP contribution in [-0.2, 0) is 23.5 Å². The summed E-state index contributed by atoms with van der Waals surface area (Å²) in [6, 6.07) is 1.84. The van der Waals surface area contributed by atoms with Gasteiger partial charge in [-0.1, -0.05) is 11.6 Å². The average Bonchev–Trinajstić information content (AvgIpc) is 3.22. The van der Waals surface area contributed by atoms with Crippen LogP contribution in [0.4, 0.5) is 0 Å². The largest absolute Gasteiger partial charge is 0.345 e. The Kier molecular flexibility index (Phi) is 5.26. The van der Waals surface area contributed by atoms with E-state index in [1.54, 1.807) is 28.2 Å². The van der Waals surface area contributed by atoms with Gasteiger partial charge in [0.15, 0.2) is 5.82 Å². The van der Waals surface area contributed by atoms with Crippen LogP contribution in [0.2, 0.25) is 0 Å². The van der Waals surface area contributed by atoms with Gasteiger partial charge in [0.2, 0.25) is 10.0 Å². The SMILES string of the molecule is CNC(C)Cc1noc(-c2cc(S(=O)(=O)N3CCCCC3)cn2C)n1. The first-order chi connectivity index (χ1) is 11.9. The van der Waals surface area contributed by atoms with E-state index in [0.717, 1.165) is 19.3 Å². The van der Waals surface area contributed by atoms with E-state index in [9.17, 15) is 8.42 Å². The molecule has 2 aromatic rings. The summed E-state index contributed by atoms with van der Waals surface area (Å²) in [6.45, 7) is 3.19. The third kappa shape index (κ3) is 3.78. The standard InChI is InChI=1S/C16H25N5O3S/c1-12(17-2)9-15-18-16(24-19-15)14-10-13(11-20(14)3)25(22,23)21-7-5-4-6-8-21/h10-12,17H,4-9H2,1-3H3. The zero-order valence-corrected chi connectivity index (χ0v) is 15.7. The van der Waals surface area contributed by atoms with Crippen molar-refractivity contribution in [2.45, 2.75) is 43.5 Å². The number of likely N-dealkylation sites (N-methyl/N-ethyl adjacent to an activating group) is 1. The predicted molar refractivity (Wildman–Crippen MR) is 93.5 cm³/mol. The number of hydrogen-bond donors (Lipinski definition) is 1. The van der Waals surface area contributed by atoms with Crippen LogP contribution in [0.3, 0.4) is 0 Å². The molecule has 1 fully saturated rings. The molecule has 1 N–H and O–H groups in total. The van der Waals surface area contributed by atoms with E-state index in [1.165, 1.54) is 0 Å². The minimum absolute atomic E-state index is 0.230. The first-order valence-corrected chi connectivity index (χ1v) is 10.0. The highest BCUT2D eigenvalue weighted by Gasteiger charge is 2.28. The monoisotopic (exact) mass is 367 g/mol. The predicted octanol–water partition coefficient (Wildman–Crippen LogP) is 1.40. The third-order valence-electron chi connectivity index (χ3n) is 4.60. The number of nitrogens with one attached hydrogen (secondary N) is 1. The summed E-state index contributed by atoms with van der Waals surface area (Å²) < 4.78 is 34.2. The number of hydrogen-bond acceptors (Lipinski definition) is 6. The van der Waals surface area contributed by atoms with E-state index in [4.69, 9.17) is 4.52 Å². The van der Waals surface area contributed by atoms with Crippen LogP contribution < -0.4 is 5.32 Å². The van der Waals surface area contributed by atoms with Gasteiger partial charge in [0.05, 0.1) is 0 Å². The lowest BCUT2D eigenvalue weighted by atomic mass is 10.2. The molecule has 0 saturated carbocycles. The minimum Gasteiger partial charge on any atom is -0.345 e. The van der Waals surface area contributed by atoms with Gasteiger partial charge in [0, 0.05) is 38.8 Å². The second-order valence-corrected chi connectivity index (χ2v) is 8.48. The molecule has 0 aromatic carbocycles. The number of aromatic nitrogens is 3. The van der Waals surface area contributed by atoms with Crippen molar-refractivity contribution < 1.29 is 12.9 Å². The Labute approximate surface area is 148 Å². The maximum atomic E-state index is 12.8. The molecule has 0 aliphatic carbocycles. The third-order valence-corrected chi connectivity index (χ3v) is 6.47. The molecule has 0 spiro atoms. The van der Waals surface area contributed by atoms with Crippen molar-refractivity contribution in [1.82, 2.24) is 24.3 Å². The summed E-state index contributed by atoms with van der Waals surface area (Å²) in [4.78, 5) is 4.66. The van der Waals surface area contributed by atoms with Crippen LogP contribution in [0.5, 0.6) is 0 Å². The van der Waals surface area contributed by atoms with Gasteiger partial charge in [-0.3, -0.25) is 0 Å². The van der Waals surface area contributed by atoms with Gasteiger partial charge in [-0.25, -0.2) is 8.42 Å². The summed E-state index contributed by atoms with van der Waals surface area (Å²) in [6.07, 6.45) is 5.16. The molecule has 1 unspecified atom stereocenters. The molecule has 8 nitrogen and oxygen atoms in total. The molecule has 0 amide bonds. The van der Waals surface area contributed by atoms with Crippen LogP contribution in [0.25, 0.3) is 11.6 Å². The van der Waals surface area contributed by atoms with Gasteiger partial charge in [-0.15, -0.1) is 0 Å². The molecule has 3 rings (SSSR count). The molecule has 1 aliphatic rings. The van der Waals surface area contributed by atoms with Crippen molar-refractivity contribution in [3.8, 4) is 11.6 Å². The zero-order chi connectivity index (χ0) is 18.0. The number of piperidine rings is 1. The van der Waals surface area contributed by atoms with Gasteiger partial charge in [0.1, 0.15) is 10.6 Å². The molecule has 1 aliphatic heterocycles. The summed E-state index contributed by atoms with van der Waals surface area (Å²) in [5, 5.41) is 7.11. The van der Waals surface area contributed by atoms with E-state index in [0.29, 0.717) is 36.9 Å². The smallest absolute Gasteiger partial charge is 0.274 e. The Morgan fingerprint density at radius 3 is 2.72 bits per heavy atom. The van der Waals surface area contributed by atoms with Crippen LogP contribution in [0.1, 0.15) is 32.0 Å². The van der Waals surface area contributed by atoms with E-state index in [-0.39, 0.29) is 10.9 Å². The van der Waals surface area contributed by atoms with Crippen molar-refractivity contribution in [3.63, 3.8) is 0 Å². The minimum atomic E-state index is -3.48. The molecule has 25 heavy (non-hydrogen) atoms. The molecular formula is C16H25N5O3S. The van der Waals surface area contributed by atoms with Crippen molar-refractivity contribution in [1.29, 1.82) is 0 Å². The molecule has 0 bridgehead atoms. The fourth-order valence-corrected chi connectivity index (χ4v) is 4.55. The summed E-state index contributed by atoms with van der Waals surface area (Å²) in [5.41, 5.74) is 0.603. The topological polar surface area (TPSA) is 93.3 Å². The van der Waals surface area contributed by atoms with Crippen molar-refractivity contribution in [2.24, 2.45) is 7.05 Å².